The average Bonchev–Trinajstić information content (AvgIpc) is 2.74. The maximum Gasteiger partial charge on any atom is 0.155 e. The lowest BCUT2D eigenvalue weighted by Crippen LogP contribution is -2.35. The fraction of sp³-hybridized carbons (Fsp3) is 0.429. The van der Waals surface area contributed by atoms with Crippen molar-refractivity contribution in [1.82, 2.24) is 9.97 Å². The Morgan fingerprint density at radius 3 is 2.79 bits per heavy atom. The van der Waals surface area contributed by atoms with Gasteiger partial charge in [-0.25, -0.2) is 4.98 Å². The van der Waals surface area contributed by atoms with Gasteiger partial charge in [-0.1, -0.05) is 12.1 Å². The zero-order valence-electron chi connectivity index (χ0n) is 16.2. The molecule has 0 unspecified atom stereocenters. The number of nitrogens with zero attached hydrogens (tertiary/aromatic N) is 3. The maximum atomic E-state index is 11.1. The number of aryl methyl sites for hydroxylation is 1. The summed E-state index contributed by atoms with van der Waals surface area (Å²) in [6, 6.07) is 5.60. The van der Waals surface area contributed by atoms with Crippen LogP contribution in [0.2, 0.25) is 0 Å². The fourth-order valence-corrected chi connectivity index (χ4v) is 3.46. The Labute approximate surface area is 165 Å². The molecule has 1 aromatic heterocycles. The number of hydrogen-bond donors (Lipinski definition) is 2. The summed E-state index contributed by atoms with van der Waals surface area (Å²) in [6.07, 6.45) is 7.46. The second kappa shape index (κ2) is 9.41. The van der Waals surface area contributed by atoms with E-state index in [-0.39, 0.29) is 5.92 Å². The Bertz CT molecular complexity index is 832. The van der Waals surface area contributed by atoms with Crippen LogP contribution in [0.1, 0.15) is 30.5 Å². The number of nitrogens with two attached hydrogens (primary N) is 1. The number of nitrogens with one attached hydrogen (secondary N) is 1. The van der Waals surface area contributed by atoms with Gasteiger partial charge in [0.1, 0.15) is 12.0 Å². The molecule has 7 nitrogen and oxygen atoms in total. The van der Waals surface area contributed by atoms with Crippen molar-refractivity contribution in [1.29, 1.82) is 5.41 Å². The number of carbonyl (C=O) groups is 1. The number of hydrogen-bond acceptors (Lipinski definition) is 7. The maximum absolute atomic E-state index is 11.1. The van der Waals surface area contributed by atoms with Crippen LogP contribution < -0.4 is 10.6 Å². The van der Waals surface area contributed by atoms with E-state index < -0.39 is 0 Å². The van der Waals surface area contributed by atoms with Crippen molar-refractivity contribution in [3.8, 4) is 11.3 Å². The number of carbonyl (C=O) groups excluding carboxylic acids is 1. The van der Waals surface area contributed by atoms with Crippen molar-refractivity contribution in [3.05, 3.63) is 35.7 Å². The van der Waals surface area contributed by atoms with E-state index in [9.17, 15) is 4.79 Å². The zero-order chi connectivity index (χ0) is 19.9. The van der Waals surface area contributed by atoms with Gasteiger partial charge < -0.3 is 25.6 Å². The summed E-state index contributed by atoms with van der Waals surface area (Å²) in [6.45, 7) is 2.24. The molecular formula is C21H27N5O2. The van der Waals surface area contributed by atoms with Crippen LogP contribution in [0.3, 0.4) is 0 Å². The molecule has 0 spiro atoms. The summed E-state index contributed by atoms with van der Waals surface area (Å²) in [5, 5.41) is 7.43. The minimum atomic E-state index is 0.125. The van der Waals surface area contributed by atoms with Crippen LogP contribution in [0.25, 0.3) is 11.3 Å². The molecule has 148 valence electrons. The Morgan fingerprint density at radius 2 is 2.14 bits per heavy atom. The second-order valence-corrected chi connectivity index (χ2v) is 7.08. The standard InChI is InChI=1S/C21H27N5O2/c1-28-10-2-3-18-13-24-20(16-4-5-17(12-22)19(23)11-16)21(25-18)26-8-6-15(14-27)7-9-26/h4-5,11-15,22H,2-3,6-10,23H2,1H3. The first kappa shape index (κ1) is 19.9. The highest BCUT2D eigenvalue weighted by atomic mass is 16.5. The molecule has 0 saturated carbocycles. The van der Waals surface area contributed by atoms with Crippen molar-refractivity contribution in [2.45, 2.75) is 25.7 Å². The van der Waals surface area contributed by atoms with Crippen LogP contribution in [0.5, 0.6) is 0 Å². The third-order valence-electron chi connectivity index (χ3n) is 5.13. The van der Waals surface area contributed by atoms with Crippen molar-refractivity contribution in [2.75, 3.05) is 37.4 Å². The molecule has 0 amide bonds. The lowest BCUT2D eigenvalue weighted by molar-refractivity contribution is -0.111. The number of methoxy groups -OCH3 is 1. The Kier molecular flexibility index (Phi) is 6.71. The van der Waals surface area contributed by atoms with Gasteiger partial charge in [-0.05, 0) is 31.7 Å². The molecule has 0 atom stereocenters. The Morgan fingerprint density at radius 1 is 1.36 bits per heavy atom. The summed E-state index contributed by atoms with van der Waals surface area (Å²) in [4.78, 5) is 22.9. The highest BCUT2D eigenvalue weighted by Gasteiger charge is 2.23. The normalized spacial score (nSPS) is 14.8. The molecule has 0 bridgehead atoms. The van der Waals surface area contributed by atoms with E-state index in [1.807, 2.05) is 24.4 Å². The van der Waals surface area contributed by atoms with Crippen LogP contribution >= 0.6 is 0 Å². The molecule has 3 N–H and O–H groups in total. The van der Waals surface area contributed by atoms with Gasteiger partial charge in [0.25, 0.3) is 0 Å². The highest BCUT2D eigenvalue weighted by molar-refractivity contribution is 5.87. The number of ether oxygens (including phenoxy) is 1. The first-order chi connectivity index (χ1) is 13.7. The first-order valence-electron chi connectivity index (χ1n) is 9.61. The number of aldehydes is 1. The van der Waals surface area contributed by atoms with Gasteiger partial charge in [0.2, 0.25) is 0 Å². The summed E-state index contributed by atoms with van der Waals surface area (Å²) in [5.74, 6) is 0.960. The molecule has 7 heteroatoms. The van der Waals surface area contributed by atoms with Crippen LogP contribution in [-0.2, 0) is 16.0 Å². The summed E-state index contributed by atoms with van der Waals surface area (Å²) in [7, 11) is 1.69. The number of piperidine rings is 1. The van der Waals surface area contributed by atoms with Crippen molar-refractivity contribution >= 4 is 24.0 Å². The third-order valence-corrected chi connectivity index (χ3v) is 5.13. The lowest BCUT2D eigenvalue weighted by Gasteiger charge is -2.32. The van der Waals surface area contributed by atoms with E-state index >= 15 is 0 Å². The molecule has 1 saturated heterocycles. The number of benzene rings is 1. The summed E-state index contributed by atoms with van der Waals surface area (Å²) >= 11 is 0. The van der Waals surface area contributed by atoms with E-state index in [0.717, 1.165) is 67.8 Å². The number of rotatable bonds is 8. The predicted molar refractivity (Wildman–Crippen MR) is 111 cm³/mol. The molecule has 2 aromatic rings. The third kappa shape index (κ3) is 4.54. The molecule has 0 aliphatic carbocycles. The van der Waals surface area contributed by atoms with Gasteiger partial charge in [0.15, 0.2) is 5.82 Å². The van der Waals surface area contributed by atoms with Crippen LogP contribution in [-0.4, -0.2) is 49.3 Å². The molecule has 3 rings (SSSR count). The van der Waals surface area contributed by atoms with Crippen molar-refractivity contribution in [2.24, 2.45) is 5.92 Å². The van der Waals surface area contributed by atoms with Crippen LogP contribution in [0.15, 0.2) is 24.4 Å². The fourth-order valence-electron chi connectivity index (χ4n) is 3.46. The number of anilines is 2. The molecule has 1 aliphatic rings. The van der Waals surface area contributed by atoms with Gasteiger partial charge in [-0.3, -0.25) is 4.98 Å². The summed E-state index contributed by atoms with van der Waals surface area (Å²) in [5.41, 5.74) is 9.90. The van der Waals surface area contributed by atoms with Gasteiger partial charge in [0.05, 0.1) is 5.69 Å². The van der Waals surface area contributed by atoms with Crippen molar-refractivity contribution < 1.29 is 9.53 Å². The quantitative estimate of drug-likeness (QED) is 0.315. The van der Waals surface area contributed by atoms with E-state index in [1.165, 1.54) is 6.21 Å². The molecular weight excluding hydrogens is 354 g/mol. The average molecular weight is 381 g/mol. The van der Waals surface area contributed by atoms with Gasteiger partial charge in [0, 0.05) is 61.9 Å². The van der Waals surface area contributed by atoms with E-state index in [2.05, 4.69) is 4.90 Å². The smallest absolute Gasteiger partial charge is 0.155 e. The van der Waals surface area contributed by atoms with Gasteiger partial charge in [-0.15, -0.1) is 0 Å². The molecule has 2 heterocycles. The van der Waals surface area contributed by atoms with Gasteiger partial charge >= 0.3 is 0 Å². The van der Waals surface area contributed by atoms with E-state index in [4.69, 9.17) is 25.8 Å². The minimum Gasteiger partial charge on any atom is -0.398 e. The van der Waals surface area contributed by atoms with Gasteiger partial charge in [-0.2, -0.15) is 0 Å². The monoisotopic (exact) mass is 381 g/mol. The largest absolute Gasteiger partial charge is 0.398 e. The summed E-state index contributed by atoms with van der Waals surface area (Å²) < 4.78 is 5.14. The van der Waals surface area contributed by atoms with Crippen LogP contribution in [0, 0.1) is 11.3 Å². The lowest BCUT2D eigenvalue weighted by atomic mass is 9.98. The molecule has 28 heavy (non-hydrogen) atoms. The molecule has 1 aromatic carbocycles. The predicted octanol–water partition coefficient (Wildman–Crippen LogP) is 2.72. The second-order valence-electron chi connectivity index (χ2n) is 7.08. The molecule has 0 radical (unpaired) electrons. The van der Waals surface area contributed by atoms with E-state index in [0.29, 0.717) is 17.9 Å². The Hall–Kier alpha value is -2.80. The van der Waals surface area contributed by atoms with E-state index in [1.54, 1.807) is 7.11 Å². The topological polar surface area (TPSA) is 105 Å². The SMILES string of the molecule is COCCCc1cnc(-c2ccc(C=N)c(N)c2)c(N2CCC(C=O)CC2)n1. The first-order valence-corrected chi connectivity index (χ1v) is 9.61. The Balaban J connectivity index is 1.95. The molecule has 1 aliphatic heterocycles. The molecule has 1 fully saturated rings. The zero-order valence-corrected chi connectivity index (χ0v) is 16.2. The van der Waals surface area contributed by atoms with Crippen LogP contribution in [0.4, 0.5) is 11.5 Å². The van der Waals surface area contributed by atoms with Crippen molar-refractivity contribution in [3.63, 3.8) is 0 Å². The number of aromatic nitrogens is 2. The minimum absolute atomic E-state index is 0.125. The highest BCUT2D eigenvalue weighted by Crippen LogP contribution is 2.32. The number of nitrogen functional groups attached to an aromatic ring is 1.